The van der Waals surface area contributed by atoms with Crippen molar-refractivity contribution in [2.45, 2.75) is 26.5 Å². The standard InChI is InChI=1S/C28H29Cl2N3O5/c1-17(2)26(32-27(34)19-7-10-22(36-3)11-8-19)28(35)33-31-15-18-5-12-24(25(13-18)37-4)38-16-20-6-9-21(29)14-23(20)30/h5-15,17,26H,16H2,1-4H3,(H,32,34)(H,33,35). The van der Waals surface area contributed by atoms with E-state index in [0.29, 0.717) is 38.4 Å². The molecule has 0 aromatic heterocycles. The third-order valence-corrected chi connectivity index (χ3v) is 6.15. The van der Waals surface area contributed by atoms with Crippen molar-refractivity contribution in [3.63, 3.8) is 0 Å². The fourth-order valence-electron chi connectivity index (χ4n) is 3.42. The summed E-state index contributed by atoms with van der Waals surface area (Å²) < 4.78 is 16.4. The van der Waals surface area contributed by atoms with Gasteiger partial charge in [0.2, 0.25) is 0 Å². The van der Waals surface area contributed by atoms with Crippen molar-refractivity contribution in [1.29, 1.82) is 0 Å². The smallest absolute Gasteiger partial charge is 0.262 e. The molecule has 3 aromatic carbocycles. The summed E-state index contributed by atoms with van der Waals surface area (Å²) in [5, 5.41) is 7.86. The molecule has 3 rings (SSSR count). The second-order valence-electron chi connectivity index (χ2n) is 8.59. The number of halogens is 2. The van der Waals surface area contributed by atoms with Gasteiger partial charge >= 0.3 is 0 Å². The molecule has 2 N–H and O–H groups in total. The zero-order valence-corrected chi connectivity index (χ0v) is 23.0. The number of carbonyl (C=O) groups excluding carboxylic acids is 2. The molecule has 3 aromatic rings. The summed E-state index contributed by atoms with van der Waals surface area (Å²) in [6.07, 6.45) is 1.48. The fourth-order valence-corrected chi connectivity index (χ4v) is 3.88. The minimum Gasteiger partial charge on any atom is -0.497 e. The summed E-state index contributed by atoms with van der Waals surface area (Å²) in [5.74, 6) is 0.655. The maximum Gasteiger partial charge on any atom is 0.262 e. The number of carbonyl (C=O) groups is 2. The Balaban J connectivity index is 1.61. The number of benzene rings is 3. The average molecular weight is 558 g/mol. The maximum atomic E-state index is 12.8. The molecule has 0 radical (unpaired) electrons. The van der Waals surface area contributed by atoms with Gasteiger partial charge < -0.3 is 19.5 Å². The minimum absolute atomic E-state index is 0.168. The molecule has 0 spiro atoms. The lowest BCUT2D eigenvalue weighted by Gasteiger charge is -2.20. The summed E-state index contributed by atoms with van der Waals surface area (Å²) in [7, 11) is 3.07. The predicted molar refractivity (Wildman–Crippen MR) is 149 cm³/mol. The first kappa shape index (κ1) is 28.8. The highest BCUT2D eigenvalue weighted by molar-refractivity contribution is 6.35. The van der Waals surface area contributed by atoms with E-state index in [4.69, 9.17) is 37.4 Å². The van der Waals surface area contributed by atoms with E-state index < -0.39 is 11.9 Å². The van der Waals surface area contributed by atoms with Gasteiger partial charge in [0, 0.05) is 21.2 Å². The van der Waals surface area contributed by atoms with E-state index in [2.05, 4.69) is 15.8 Å². The van der Waals surface area contributed by atoms with Gasteiger partial charge in [0.05, 0.1) is 20.4 Å². The van der Waals surface area contributed by atoms with Crippen LogP contribution in [-0.4, -0.2) is 38.3 Å². The second kappa shape index (κ2) is 13.7. The average Bonchev–Trinajstić information content (AvgIpc) is 2.91. The Morgan fingerprint density at radius 1 is 0.947 bits per heavy atom. The number of hydrogen-bond donors (Lipinski definition) is 2. The summed E-state index contributed by atoms with van der Waals surface area (Å²) in [4.78, 5) is 25.4. The SMILES string of the molecule is COc1ccc(C(=O)NC(C(=O)NN=Cc2ccc(OCc3ccc(Cl)cc3Cl)c(OC)c2)C(C)C)cc1. The van der Waals surface area contributed by atoms with Gasteiger partial charge in [-0.2, -0.15) is 5.10 Å². The molecule has 8 nitrogen and oxygen atoms in total. The van der Waals surface area contributed by atoms with E-state index in [1.807, 2.05) is 13.8 Å². The molecule has 200 valence electrons. The van der Waals surface area contributed by atoms with Crippen LogP contribution in [0.3, 0.4) is 0 Å². The molecule has 0 aliphatic rings. The van der Waals surface area contributed by atoms with E-state index in [9.17, 15) is 9.59 Å². The van der Waals surface area contributed by atoms with Crippen LogP contribution in [0.15, 0.2) is 65.8 Å². The molecule has 38 heavy (non-hydrogen) atoms. The van der Waals surface area contributed by atoms with Crippen LogP contribution in [0.4, 0.5) is 0 Å². The molecule has 0 fully saturated rings. The number of methoxy groups -OCH3 is 2. The first-order valence-corrected chi connectivity index (χ1v) is 12.5. The Morgan fingerprint density at radius 3 is 2.32 bits per heavy atom. The number of amides is 2. The fraction of sp³-hybridized carbons (Fsp3) is 0.250. The van der Waals surface area contributed by atoms with Crippen molar-refractivity contribution in [1.82, 2.24) is 10.7 Å². The van der Waals surface area contributed by atoms with E-state index >= 15 is 0 Å². The van der Waals surface area contributed by atoms with Crippen molar-refractivity contribution < 1.29 is 23.8 Å². The highest BCUT2D eigenvalue weighted by Gasteiger charge is 2.24. The number of nitrogens with one attached hydrogen (secondary N) is 2. The van der Waals surface area contributed by atoms with Crippen molar-refractivity contribution in [3.8, 4) is 17.2 Å². The normalized spacial score (nSPS) is 11.8. The summed E-state index contributed by atoms with van der Waals surface area (Å²) in [6, 6.07) is 16.3. The molecule has 1 atom stereocenters. The zero-order valence-electron chi connectivity index (χ0n) is 21.5. The van der Waals surface area contributed by atoms with Crippen molar-refractivity contribution >= 4 is 41.2 Å². The lowest BCUT2D eigenvalue weighted by atomic mass is 10.0. The molecule has 1 unspecified atom stereocenters. The van der Waals surface area contributed by atoms with E-state index in [1.165, 1.54) is 13.3 Å². The monoisotopic (exact) mass is 557 g/mol. The molecular formula is C28H29Cl2N3O5. The van der Waals surface area contributed by atoms with Crippen LogP contribution >= 0.6 is 23.2 Å². The lowest BCUT2D eigenvalue weighted by Crippen LogP contribution is -2.48. The first-order chi connectivity index (χ1) is 18.2. The van der Waals surface area contributed by atoms with E-state index in [1.54, 1.807) is 67.8 Å². The van der Waals surface area contributed by atoms with E-state index in [0.717, 1.165) is 5.56 Å². The summed E-state index contributed by atoms with van der Waals surface area (Å²) in [5.41, 5.74) is 4.36. The van der Waals surface area contributed by atoms with Crippen LogP contribution in [0.2, 0.25) is 10.0 Å². The molecule has 0 heterocycles. The van der Waals surface area contributed by atoms with Crippen LogP contribution in [0.5, 0.6) is 17.2 Å². The van der Waals surface area contributed by atoms with E-state index in [-0.39, 0.29) is 18.4 Å². The van der Waals surface area contributed by atoms with Crippen molar-refractivity contribution in [2.75, 3.05) is 14.2 Å². The Hall–Kier alpha value is -3.75. The molecule has 0 aliphatic heterocycles. The molecule has 0 bridgehead atoms. The maximum absolute atomic E-state index is 12.8. The van der Waals surface area contributed by atoms with Gasteiger partial charge in [0.1, 0.15) is 18.4 Å². The molecular weight excluding hydrogens is 529 g/mol. The van der Waals surface area contributed by atoms with Crippen molar-refractivity contribution in [2.24, 2.45) is 11.0 Å². The second-order valence-corrected chi connectivity index (χ2v) is 9.44. The molecule has 0 saturated heterocycles. The highest BCUT2D eigenvalue weighted by atomic mass is 35.5. The Kier molecular flexibility index (Phi) is 10.4. The molecule has 0 saturated carbocycles. The third-order valence-electron chi connectivity index (χ3n) is 5.56. The van der Waals surface area contributed by atoms with Crippen LogP contribution in [0.1, 0.15) is 35.3 Å². The van der Waals surface area contributed by atoms with Crippen LogP contribution < -0.4 is 25.0 Å². The Labute approximate surface area is 231 Å². The van der Waals surface area contributed by atoms with Gasteiger partial charge in [-0.3, -0.25) is 9.59 Å². The first-order valence-electron chi connectivity index (χ1n) is 11.7. The lowest BCUT2D eigenvalue weighted by molar-refractivity contribution is -0.123. The number of nitrogens with zero attached hydrogens (tertiary/aromatic N) is 1. The van der Waals surface area contributed by atoms with Gasteiger partial charge in [-0.25, -0.2) is 5.43 Å². The van der Waals surface area contributed by atoms with Gasteiger partial charge in [-0.15, -0.1) is 0 Å². The molecule has 10 heteroatoms. The zero-order chi connectivity index (χ0) is 27.7. The third kappa shape index (κ3) is 7.87. The topological polar surface area (TPSA) is 98.2 Å². The highest BCUT2D eigenvalue weighted by Crippen LogP contribution is 2.30. The largest absolute Gasteiger partial charge is 0.497 e. The number of hydrazone groups is 1. The number of rotatable bonds is 11. The summed E-state index contributed by atoms with van der Waals surface area (Å²) >= 11 is 12.2. The predicted octanol–water partition coefficient (Wildman–Crippen LogP) is 5.49. The van der Waals surface area contributed by atoms with Gasteiger partial charge in [0.25, 0.3) is 11.8 Å². The number of hydrogen-bond acceptors (Lipinski definition) is 6. The molecule has 0 aliphatic carbocycles. The van der Waals surface area contributed by atoms with Gasteiger partial charge in [-0.1, -0.05) is 43.1 Å². The van der Waals surface area contributed by atoms with Crippen molar-refractivity contribution in [3.05, 3.63) is 87.4 Å². The quantitative estimate of drug-likeness (QED) is 0.240. The van der Waals surface area contributed by atoms with Crippen LogP contribution in [0, 0.1) is 5.92 Å². The summed E-state index contributed by atoms with van der Waals surface area (Å²) in [6.45, 7) is 3.90. The van der Waals surface area contributed by atoms with Crippen LogP contribution in [0.25, 0.3) is 0 Å². The van der Waals surface area contributed by atoms with Gasteiger partial charge in [-0.05, 0) is 66.1 Å². The molecule has 2 amide bonds. The minimum atomic E-state index is -0.785. The van der Waals surface area contributed by atoms with Crippen LogP contribution in [-0.2, 0) is 11.4 Å². The Bertz CT molecular complexity index is 1300. The van der Waals surface area contributed by atoms with Gasteiger partial charge in [0.15, 0.2) is 11.5 Å². The number of ether oxygens (including phenoxy) is 3. The Morgan fingerprint density at radius 2 is 1.68 bits per heavy atom.